The van der Waals surface area contributed by atoms with Crippen molar-refractivity contribution in [3.8, 4) is 0 Å². The average molecular weight is 383 g/mol. The summed E-state index contributed by atoms with van der Waals surface area (Å²) in [5.41, 5.74) is 2.41. The van der Waals surface area contributed by atoms with Crippen molar-refractivity contribution in [3.05, 3.63) is 45.6 Å². The molecule has 0 aromatic carbocycles. The summed E-state index contributed by atoms with van der Waals surface area (Å²) in [5, 5.41) is 0. The number of likely N-dealkylation sites (tertiary alicyclic amines) is 1. The number of hydrogen-bond acceptors (Lipinski definition) is 5. The molecule has 3 aliphatic rings. The van der Waals surface area contributed by atoms with E-state index in [1.807, 2.05) is 11.0 Å². The maximum absolute atomic E-state index is 12.7. The number of H-pyrrole nitrogens is 2. The van der Waals surface area contributed by atoms with Gasteiger partial charge in [-0.2, -0.15) is 0 Å². The van der Waals surface area contributed by atoms with Crippen LogP contribution in [-0.4, -0.2) is 65.2 Å². The number of nitrogens with one attached hydrogen (secondary N) is 2. The highest BCUT2D eigenvalue weighted by Gasteiger charge is 2.45. The van der Waals surface area contributed by atoms with Gasteiger partial charge in [0.05, 0.1) is 24.5 Å². The van der Waals surface area contributed by atoms with Gasteiger partial charge < -0.3 is 19.5 Å². The van der Waals surface area contributed by atoms with Crippen LogP contribution >= 0.6 is 0 Å². The summed E-state index contributed by atoms with van der Waals surface area (Å²) in [4.78, 5) is 40.2. The fourth-order valence-corrected chi connectivity index (χ4v) is 4.83. The number of ether oxygens (including phenoxy) is 1. The van der Waals surface area contributed by atoms with E-state index in [4.69, 9.17) is 9.72 Å². The van der Waals surface area contributed by atoms with Gasteiger partial charge in [0.1, 0.15) is 0 Å². The number of amides is 1. The third kappa shape index (κ3) is 2.83. The van der Waals surface area contributed by atoms with Gasteiger partial charge in [0, 0.05) is 49.6 Å². The molecule has 1 amide bonds. The predicted octanol–water partition coefficient (Wildman–Crippen LogP) is 1.05. The Kier molecular flexibility index (Phi) is 4.23. The lowest BCUT2D eigenvalue weighted by Crippen LogP contribution is -2.45. The molecule has 0 atom stereocenters. The van der Waals surface area contributed by atoms with Crippen LogP contribution in [0.15, 0.2) is 23.3 Å². The second-order valence-corrected chi connectivity index (χ2v) is 7.99. The number of aromatic amines is 2. The molecule has 0 radical (unpaired) electrons. The van der Waals surface area contributed by atoms with E-state index in [1.165, 1.54) is 0 Å². The fraction of sp³-hybridized carbons (Fsp3) is 0.550. The zero-order valence-electron chi connectivity index (χ0n) is 15.9. The zero-order valence-corrected chi connectivity index (χ0v) is 15.9. The highest BCUT2D eigenvalue weighted by molar-refractivity contribution is 5.94. The lowest BCUT2D eigenvalue weighted by Gasteiger charge is -2.39. The lowest BCUT2D eigenvalue weighted by atomic mass is 9.76. The van der Waals surface area contributed by atoms with Gasteiger partial charge in [-0.3, -0.25) is 14.6 Å². The molecule has 5 rings (SSSR count). The summed E-state index contributed by atoms with van der Waals surface area (Å²) < 4.78 is 5.42. The zero-order chi connectivity index (χ0) is 19.1. The van der Waals surface area contributed by atoms with Crippen LogP contribution in [0.1, 0.15) is 40.9 Å². The smallest absolute Gasteiger partial charge is 0.255 e. The summed E-state index contributed by atoms with van der Waals surface area (Å²) in [6.45, 7) is 4.20. The minimum absolute atomic E-state index is 0.00537. The molecule has 2 saturated heterocycles. The van der Waals surface area contributed by atoms with E-state index < -0.39 is 0 Å². The first-order valence-electron chi connectivity index (χ1n) is 10.0. The molecule has 148 valence electrons. The van der Waals surface area contributed by atoms with Gasteiger partial charge in [-0.25, -0.2) is 4.98 Å². The Morgan fingerprint density at radius 1 is 1.14 bits per heavy atom. The minimum Gasteiger partial charge on any atom is -0.378 e. The number of morpholine rings is 1. The van der Waals surface area contributed by atoms with Crippen molar-refractivity contribution >= 4 is 11.9 Å². The van der Waals surface area contributed by atoms with Crippen LogP contribution in [0.5, 0.6) is 0 Å². The SMILES string of the molecule is O=C(c1cc[nH]c1)N1CCC2(CCc3c2nc(N2CCOCC2)[nH]c3=O)CC1. The molecule has 2 N–H and O–H groups in total. The first kappa shape index (κ1) is 17.5. The third-order valence-electron chi connectivity index (χ3n) is 6.52. The number of carbonyl (C=O) groups is 1. The van der Waals surface area contributed by atoms with Crippen LogP contribution in [0.4, 0.5) is 5.95 Å². The van der Waals surface area contributed by atoms with Crippen molar-refractivity contribution in [2.45, 2.75) is 31.1 Å². The Labute approximate surface area is 162 Å². The molecule has 8 nitrogen and oxygen atoms in total. The maximum atomic E-state index is 12.7. The summed E-state index contributed by atoms with van der Waals surface area (Å²) in [5.74, 6) is 0.737. The second kappa shape index (κ2) is 6.77. The normalized spacial score (nSPS) is 21.1. The number of nitrogens with zero attached hydrogens (tertiary/aromatic N) is 3. The van der Waals surface area contributed by atoms with Crippen molar-refractivity contribution < 1.29 is 9.53 Å². The Morgan fingerprint density at radius 3 is 2.64 bits per heavy atom. The molecule has 4 heterocycles. The van der Waals surface area contributed by atoms with E-state index >= 15 is 0 Å². The molecular weight excluding hydrogens is 358 g/mol. The van der Waals surface area contributed by atoms with Gasteiger partial charge in [0.2, 0.25) is 5.95 Å². The average Bonchev–Trinajstić information content (AvgIpc) is 3.38. The van der Waals surface area contributed by atoms with E-state index in [2.05, 4.69) is 14.9 Å². The van der Waals surface area contributed by atoms with Crippen molar-refractivity contribution in [1.82, 2.24) is 19.9 Å². The molecule has 1 aliphatic carbocycles. The van der Waals surface area contributed by atoms with Crippen LogP contribution in [-0.2, 0) is 16.6 Å². The lowest BCUT2D eigenvalue weighted by molar-refractivity contribution is 0.0663. The van der Waals surface area contributed by atoms with Crippen molar-refractivity contribution in [1.29, 1.82) is 0 Å². The van der Waals surface area contributed by atoms with Crippen LogP contribution < -0.4 is 10.5 Å². The number of aromatic nitrogens is 3. The molecule has 1 spiro atoms. The summed E-state index contributed by atoms with van der Waals surface area (Å²) in [6.07, 6.45) is 6.94. The molecule has 2 aromatic heterocycles. The highest BCUT2D eigenvalue weighted by atomic mass is 16.5. The van der Waals surface area contributed by atoms with Gasteiger partial charge in [0.25, 0.3) is 11.5 Å². The Balaban J connectivity index is 1.39. The molecular formula is C20H25N5O3. The monoisotopic (exact) mass is 383 g/mol. The number of rotatable bonds is 2. The van der Waals surface area contributed by atoms with E-state index in [9.17, 15) is 9.59 Å². The summed E-state index contributed by atoms with van der Waals surface area (Å²) in [7, 11) is 0. The van der Waals surface area contributed by atoms with Crippen LogP contribution in [0.2, 0.25) is 0 Å². The van der Waals surface area contributed by atoms with Gasteiger partial charge in [-0.05, 0) is 31.7 Å². The van der Waals surface area contributed by atoms with Gasteiger partial charge in [-0.15, -0.1) is 0 Å². The van der Waals surface area contributed by atoms with E-state index in [0.29, 0.717) is 37.8 Å². The molecule has 2 aliphatic heterocycles. The Morgan fingerprint density at radius 2 is 1.93 bits per heavy atom. The first-order valence-corrected chi connectivity index (χ1v) is 10.0. The van der Waals surface area contributed by atoms with Gasteiger partial charge in [0.15, 0.2) is 0 Å². The van der Waals surface area contributed by atoms with E-state index in [-0.39, 0.29) is 16.9 Å². The predicted molar refractivity (Wildman–Crippen MR) is 104 cm³/mol. The minimum atomic E-state index is -0.0838. The molecule has 8 heteroatoms. The summed E-state index contributed by atoms with van der Waals surface area (Å²) in [6, 6.07) is 1.81. The molecule has 2 fully saturated rings. The number of anilines is 1. The second-order valence-electron chi connectivity index (χ2n) is 7.99. The summed E-state index contributed by atoms with van der Waals surface area (Å²) >= 11 is 0. The van der Waals surface area contributed by atoms with Crippen molar-refractivity contribution in [2.24, 2.45) is 0 Å². The third-order valence-corrected chi connectivity index (χ3v) is 6.52. The standard InChI is InChI=1S/C20H25N5O3/c26-17-15-1-3-20(16(15)22-19(23-17)25-9-11-28-12-10-25)4-7-24(8-5-20)18(27)14-2-6-21-13-14/h2,6,13,21H,1,3-5,7-12H2,(H,22,23,26). The molecule has 28 heavy (non-hydrogen) atoms. The van der Waals surface area contributed by atoms with Crippen LogP contribution in [0, 0.1) is 0 Å². The van der Waals surface area contributed by atoms with Crippen molar-refractivity contribution in [3.63, 3.8) is 0 Å². The van der Waals surface area contributed by atoms with E-state index in [1.54, 1.807) is 12.4 Å². The van der Waals surface area contributed by atoms with Gasteiger partial charge >= 0.3 is 0 Å². The number of hydrogen-bond donors (Lipinski definition) is 2. The molecule has 0 saturated carbocycles. The first-order chi connectivity index (χ1) is 13.7. The Bertz CT molecular complexity index is 922. The Hall–Kier alpha value is -2.61. The van der Waals surface area contributed by atoms with E-state index in [0.717, 1.165) is 50.0 Å². The number of piperidine rings is 1. The number of fused-ring (bicyclic) bond motifs is 2. The molecule has 0 unspecified atom stereocenters. The van der Waals surface area contributed by atoms with Gasteiger partial charge in [-0.1, -0.05) is 0 Å². The molecule has 2 aromatic rings. The van der Waals surface area contributed by atoms with Crippen LogP contribution in [0.3, 0.4) is 0 Å². The largest absolute Gasteiger partial charge is 0.378 e. The topological polar surface area (TPSA) is 94.3 Å². The highest BCUT2D eigenvalue weighted by Crippen LogP contribution is 2.44. The van der Waals surface area contributed by atoms with Crippen LogP contribution in [0.25, 0.3) is 0 Å². The molecule has 0 bridgehead atoms. The van der Waals surface area contributed by atoms with Crippen molar-refractivity contribution in [2.75, 3.05) is 44.3 Å². The number of carbonyl (C=O) groups excluding carboxylic acids is 1. The quantitative estimate of drug-likeness (QED) is 0.809. The fourth-order valence-electron chi connectivity index (χ4n) is 4.83. The maximum Gasteiger partial charge on any atom is 0.255 e.